The van der Waals surface area contributed by atoms with Crippen molar-refractivity contribution in [2.75, 3.05) is 0 Å². The van der Waals surface area contributed by atoms with E-state index in [-0.39, 0.29) is 0 Å². The highest BCUT2D eigenvalue weighted by Gasteiger charge is 2.18. The molecule has 22 heavy (non-hydrogen) atoms. The van der Waals surface area contributed by atoms with Gasteiger partial charge in [0.2, 0.25) is 0 Å². The van der Waals surface area contributed by atoms with Gasteiger partial charge in [-0.1, -0.05) is 60.7 Å². The molecule has 0 fully saturated rings. The summed E-state index contributed by atoms with van der Waals surface area (Å²) in [5, 5.41) is 8.57. The Morgan fingerprint density at radius 3 is 1.95 bits per heavy atom. The Kier molecular flexibility index (Phi) is 2.54. The molecule has 0 spiro atoms. The first-order valence-corrected chi connectivity index (χ1v) is 8.27. The van der Waals surface area contributed by atoms with E-state index in [0.29, 0.717) is 0 Å². The molecular formula is C22H18. The zero-order chi connectivity index (χ0) is 14.5. The van der Waals surface area contributed by atoms with E-state index >= 15 is 0 Å². The first-order chi connectivity index (χ1) is 10.9. The third kappa shape index (κ3) is 1.58. The number of rotatable bonds is 0. The second-order valence-corrected chi connectivity index (χ2v) is 6.42. The minimum atomic E-state index is 1.23. The highest BCUT2D eigenvalue weighted by atomic mass is 14.2. The lowest BCUT2D eigenvalue weighted by molar-refractivity contribution is 0.694. The van der Waals surface area contributed by atoms with Crippen LogP contribution in [-0.4, -0.2) is 0 Å². The topological polar surface area (TPSA) is 0 Å². The molecular weight excluding hydrogens is 264 g/mol. The van der Waals surface area contributed by atoms with Crippen molar-refractivity contribution in [3.63, 3.8) is 0 Å². The fourth-order valence-corrected chi connectivity index (χ4v) is 4.28. The second-order valence-electron chi connectivity index (χ2n) is 6.42. The molecule has 0 aromatic heterocycles. The summed E-state index contributed by atoms with van der Waals surface area (Å²) in [6.07, 6.45) is 5.12. The first kappa shape index (κ1) is 12.2. The number of aryl methyl sites for hydroxylation is 2. The molecule has 0 atom stereocenters. The predicted octanol–water partition coefficient (Wildman–Crippen LogP) is 6.03. The van der Waals surface area contributed by atoms with Gasteiger partial charge in [-0.3, -0.25) is 0 Å². The van der Waals surface area contributed by atoms with E-state index in [1.807, 2.05) is 0 Å². The molecule has 0 aliphatic heterocycles. The van der Waals surface area contributed by atoms with Crippen LogP contribution in [0.5, 0.6) is 0 Å². The molecule has 0 radical (unpaired) electrons. The summed E-state index contributed by atoms with van der Waals surface area (Å²) in [4.78, 5) is 0. The van der Waals surface area contributed by atoms with Gasteiger partial charge in [0.05, 0.1) is 0 Å². The van der Waals surface area contributed by atoms with Crippen LogP contribution in [0.3, 0.4) is 0 Å². The molecule has 0 saturated heterocycles. The lowest BCUT2D eigenvalue weighted by Gasteiger charge is -2.22. The molecule has 0 bridgehead atoms. The molecule has 106 valence electrons. The minimum absolute atomic E-state index is 1.23. The van der Waals surface area contributed by atoms with Crippen LogP contribution in [0.25, 0.3) is 32.3 Å². The molecule has 0 saturated carbocycles. The zero-order valence-electron chi connectivity index (χ0n) is 12.6. The van der Waals surface area contributed by atoms with Crippen molar-refractivity contribution in [1.82, 2.24) is 0 Å². The molecule has 0 amide bonds. The Morgan fingerprint density at radius 1 is 0.500 bits per heavy atom. The molecule has 1 aliphatic rings. The monoisotopic (exact) mass is 282 g/mol. The van der Waals surface area contributed by atoms with E-state index in [4.69, 9.17) is 0 Å². The maximum Gasteiger partial charge on any atom is -0.00238 e. The van der Waals surface area contributed by atoms with Gasteiger partial charge < -0.3 is 0 Å². The smallest absolute Gasteiger partial charge is 0.00238 e. The van der Waals surface area contributed by atoms with Gasteiger partial charge in [0.15, 0.2) is 0 Å². The van der Waals surface area contributed by atoms with Gasteiger partial charge in [-0.25, -0.2) is 0 Å². The average Bonchev–Trinajstić information content (AvgIpc) is 2.61. The molecule has 0 heteroatoms. The van der Waals surface area contributed by atoms with Gasteiger partial charge in [-0.15, -0.1) is 0 Å². The van der Waals surface area contributed by atoms with Crippen LogP contribution in [0.4, 0.5) is 0 Å². The van der Waals surface area contributed by atoms with Gasteiger partial charge in [-0.05, 0) is 69.1 Å². The average molecular weight is 282 g/mol. The predicted molar refractivity (Wildman–Crippen MR) is 95.6 cm³/mol. The summed E-state index contributed by atoms with van der Waals surface area (Å²) in [5.41, 5.74) is 3.20. The van der Waals surface area contributed by atoms with Crippen LogP contribution >= 0.6 is 0 Å². The van der Waals surface area contributed by atoms with Crippen LogP contribution in [0.15, 0.2) is 60.7 Å². The fraction of sp³-hybridized carbons (Fsp3) is 0.182. The third-order valence-electron chi connectivity index (χ3n) is 5.24. The van der Waals surface area contributed by atoms with Gasteiger partial charge in [0, 0.05) is 0 Å². The normalized spacial score (nSPS) is 14.5. The molecule has 4 aromatic carbocycles. The summed E-state index contributed by atoms with van der Waals surface area (Å²) < 4.78 is 0. The van der Waals surface area contributed by atoms with Crippen molar-refractivity contribution in [2.24, 2.45) is 0 Å². The summed E-state index contributed by atoms with van der Waals surface area (Å²) in [6.45, 7) is 0. The van der Waals surface area contributed by atoms with Crippen molar-refractivity contribution in [2.45, 2.75) is 25.7 Å². The number of hydrogen-bond acceptors (Lipinski definition) is 0. The molecule has 0 heterocycles. The van der Waals surface area contributed by atoms with Crippen LogP contribution < -0.4 is 0 Å². The molecule has 1 aliphatic carbocycles. The fourth-order valence-electron chi connectivity index (χ4n) is 4.28. The van der Waals surface area contributed by atoms with Crippen molar-refractivity contribution < 1.29 is 0 Å². The van der Waals surface area contributed by atoms with E-state index in [1.54, 1.807) is 11.1 Å². The maximum atomic E-state index is 2.36. The lowest BCUT2D eigenvalue weighted by atomic mass is 9.82. The largest absolute Gasteiger partial charge is 0.0616 e. The van der Waals surface area contributed by atoms with E-state index < -0.39 is 0 Å². The van der Waals surface area contributed by atoms with Crippen LogP contribution in [-0.2, 0) is 12.8 Å². The van der Waals surface area contributed by atoms with E-state index in [9.17, 15) is 0 Å². The Hall–Kier alpha value is -2.34. The van der Waals surface area contributed by atoms with Gasteiger partial charge >= 0.3 is 0 Å². The quantitative estimate of drug-likeness (QED) is 0.346. The third-order valence-corrected chi connectivity index (χ3v) is 5.24. The van der Waals surface area contributed by atoms with Crippen molar-refractivity contribution in [3.05, 3.63) is 71.8 Å². The van der Waals surface area contributed by atoms with E-state index in [1.165, 1.54) is 58.0 Å². The standard InChI is InChI=1S/C22H18/c1-2-8-16-15(7-1)13-14-21-19-11-4-3-9-17(19)18-10-5-6-12-20(18)22(16)21/h1-2,5-8,10,12-14H,3-4,9,11H2. The van der Waals surface area contributed by atoms with E-state index in [2.05, 4.69) is 60.7 Å². The van der Waals surface area contributed by atoms with Gasteiger partial charge in [0.1, 0.15) is 0 Å². The zero-order valence-corrected chi connectivity index (χ0v) is 12.6. The SMILES string of the molecule is c1ccc2c(c1)ccc1c3c(c4ccccc4c12)CCCC3. The van der Waals surface area contributed by atoms with E-state index in [0.717, 1.165) is 0 Å². The number of benzene rings is 4. The van der Waals surface area contributed by atoms with Crippen molar-refractivity contribution in [3.8, 4) is 0 Å². The molecule has 5 rings (SSSR count). The maximum absolute atomic E-state index is 2.36. The Morgan fingerprint density at radius 2 is 1.14 bits per heavy atom. The molecule has 0 nitrogen and oxygen atoms in total. The Labute approximate surface area is 130 Å². The van der Waals surface area contributed by atoms with Crippen LogP contribution in [0.2, 0.25) is 0 Å². The summed E-state index contributed by atoms with van der Waals surface area (Å²) in [6, 6.07) is 22.4. The summed E-state index contributed by atoms with van der Waals surface area (Å²) >= 11 is 0. The van der Waals surface area contributed by atoms with Gasteiger partial charge in [0.25, 0.3) is 0 Å². The Bertz CT molecular complexity index is 1020. The van der Waals surface area contributed by atoms with Crippen molar-refractivity contribution >= 4 is 32.3 Å². The Balaban J connectivity index is 2.12. The molecule has 0 unspecified atom stereocenters. The number of hydrogen-bond donors (Lipinski definition) is 0. The molecule has 0 N–H and O–H groups in total. The van der Waals surface area contributed by atoms with Crippen LogP contribution in [0.1, 0.15) is 24.0 Å². The lowest BCUT2D eigenvalue weighted by Crippen LogP contribution is -2.04. The van der Waals surface area contributed by atoms with Gasteiger partial charge in [-0.2, -0.15) is 0 Å². The summed E-state index contributed by atoms with van der Waals surface area (Å²) in [7, 11) is 0. The summed E-state index contributed by atoms with van der Waals surface area (Å²) in [5.74, 6) is 0. The highest BCUT2D eigenvalue weighted by molar-refractivity contribution is 6.22. The molecule has 4 aromatic rings. The number of fused-ring (bicyclic) bond motifs is 8. The van der Waals surface area contributed by atoms with Crippen LogP contribution in [0, 0.1) is 0 Å². The minimum Gasteiger partial charge on any atom is -0.0616 e. The second kappa shape index (κ2) is 4.58. The highest BCUT2D eigenvalue weighted by Crippen LogP contribution is 2.39. The first-order valence-electron chi connectivity index (χ1n) is 8.27. The van der Waals surface area contributed by atoms with Crippen molar-refractivity contribution in [1.29, 1.82) is 0 Å².